The molecule has 2 atom stereocenters. The summed E-state index contributed by atoms with van der Waals surface area (Å²) >= 11 is 0. The van der Waals surface area contributed by atoms with Crippen LogP contribution in [0.25, 0.3) is 0 Å². The van der Waals surface area contributed by atoms with E-state index in [1.807, 2.05) is 12.3 Å². The minimum Gasteiger partial charge on any atom is -0.481 e. The van der Waals surface area contributed by atoms with E-state index in [0.717, 1.165) is 25.6 Å². The zero-order chi connectivity index (χ0) is 15.2. The first-order valence-electron chi connectivity index (χ1n) is 8.08. The Hall–Kier alpha value is -1.13. The molecule has 1 N–H and O–H groups in total. The Kier molecular flexibility index (Phi) is 6.00. The van der Waals surface area contributed by atoms with Gasteiger partial charge in [0.15, 0.2) is 0 Å². The Morgan fingerprint density at radius 1 is 1.48 bits per heavy atom. The van der Waals surface area contributed by atoms with Gasteiger partial charge in [0, 0.05) is 44.0 Å². The van der Waals surface area contributed by atoms with Gasteiger partial charge in [0.25, 0.3) is 0 Å². The average Bonchev–Trinajstić information content (AvgIpc) is 2.47. The van der Waals surface area contributed by atoms with Crippen LogP contribution in [0.2, 0.25) is 0 Å². The fourth-order valence-corrected chi connectivity index (χ4v) is 3.15. The lowest BCUT2D eigenvalue weighted by Gasteiger charge is -2.40. The summed E-state index contributed by atoms with van der Waals surface area (Å²) < 4.78 is 5.23. The SMILES string of the molecule is CCC1CNC(CC(C)C)CN1Cc1ccnc(OC)c1. The van der Waals surface area contributed by atoms with Gasteiger partial charge in [-0.1, -0.05) is 20.8 Å². The number of nitrogens with one attached hydrogen (secondary N) is 1. The third-order valence-corrected chi connectivity index (χ3v) is 4.23. The Balaban J connectivity index is 2.02. The highest BCUT2D eigenvalue weighted by Crippen LogP contribution is 2.19. The zero-order valence-electron chi connectivity index (χ0n) is 13.8. The van der Waals surface area contributed by atoms with Gasteiger partial charge in [0.05, 0.1) is 7.11 Å². The van der Waals surface area contributed by atoms with Crippen molar-refractivity contribution >= 4 is 0 Å². The molecule has 2 rings (SSSR count). The summed E-state index contributed by atoms with van der Waals surface area (Å²) in [6.07, 6.45) is 4.26. The van der Waals surface area contributed by atoms with Crippen LogP contribution in [0.1, 0.15) is 39.2 Å². The maximum absolute atomic E-state index is 5.23. The van der Waals surface area contributed by atoms with Crippen molar-refractivity contribution < 1.29 is 4.74 Å². The highest BCUT2D eigenvalue weighted by Gasteiger charge is 2.27. The molecule has 1 aromatic rings. The first-order valence-corrected chi connectivity index (χ1v) is 8.08. The number of hydrogen-bond acceptors (Lipinski definition) is 4. The highest BCUT2D eigenvalue weighted by atomic mass is 16.5. The van der Waals surface area contributed by atoms with E-state index >= 15 is 0 Å². The second kappa shape index (κ2) is 7.76. The van der Waals surface area contributed by atoms with Crippen LogP contribution in [-0.2, 0) is 6.54 Å². The van der Waals surface area contributed by atoms with E-state index in [9.17, 15) is 0 Å². The number of methoxy groups -OCH3 is 1. The summed E-state index contributed by atoms with van der Waals surface area (Å²) in [4.78, 5) is 6.80. The maximum atomic E-state index is 5.23. The van der Waals surface area contributed by atoms with Gasteiger partial charge in [0.1, 0.15) is 0 Å². The predicted octanol–water partition coefficient (Wildman–Crippen LogP) is 2.69. The van der Waals surface area contributed by atoms with Crippen LogP contribution in [0, 0.1) is 5.92 Å². The smallest absolute Gasteiger partial charge is 0.213 e. The lowest BCUT2D eigenvalue weighted by Crippen LogP contribution is -2.56. The van der Waals surface area contributed by atoms with Gasteiger partial charge < -0.3 is 10.1 Å². The number of nitrogens with zero attached hydrogens (tertiary/aromatic N) is 2. The number of piperazine rings is 1. The van der Waals surface area contributed by atoms with E-state index in [1.165, 1.54) is 18.4 Å². The van der Waals surface area contributed by atoms with Gasteiger partial charge in [-0.15, -0.1) is 0 Å². The fraction of sp³-hybridized carbons (Fsp3) is 0.706. The van der Waals surface area contributed by atoms with E-state index < -0.39 is 0 Å². The van der Waals surface area contributed by atoms with Gasteiger partial charge in [-0.2, -0.15) is 0 Å². The van der Waals surface area contributed by atoms with Gasteiger partial charge in [-0.05, 0) is 30.4 Å². The Morgan fingerprint density at radius 3 is 2.95 bits per heavy atom. The highest BCUT2D eigenvalue weighted by molar-refractivity contribution is 5.20. The molecule has 1 aliphatic heterocycles. The molecule has 1 aliphatic rings. The lowest BCUT2D eigenvalue weighted by atomic mass is 9.98. The van der Waals surface area contributed by atoms with Crippen molar-refractivity contribution in [2.24, 2.45) is 5.92 Å². The molecule has 0 bridgehead atoms. The van der Waals surface area contributed by atoms with Crippen LogP contribution in [0.3, 0.4) is 0 Å². The molecule has 0 radical (unpaired) electrons. The molecule has 1 saturated heterocycles. The normalized spacial score (nSPS) is 23.5. The second-order valence-corrected chi connectivity index (χ2v) is 6.43. The van der Waals surface area contributed by atoms with E-state index in [-0.39, 0.29) is 0 Å². The second-order valence-electron chi connectivity index (χ2n) is 6.43. The van der Waals surface area contributed by atoms with Crippen LogP contribution >= 0.6 is 0 Å². The number of ether oxygens (including phenoxy) is 1. The number of pyridine rings is 1. The molecule has 0 saturated carbocycles. The van der Waals surface area contributed by atoms with Crippen molar-refractivity contribution in [2.75, 3.05) is 20.2 Å². The molecule has 2 unspecified atom stereocenters. The lowest BCUT2D eigenvalue weighted by molar-refractivity contribution is 0.111. The Labute approximate surface area is 128 Å². The molecule has 118 valence electrons. The van der Waals surface area contributed by atoms with Crippen LogP contribution in [0.5, 0.6) is 5.88 Å². The molecular formula is C17H29N3O. The minimum atomic E-state index is 0.608. The summed E-state index contributed by atoms with van der Waals surface area (Å²) in [5.41, 5.74) is 1.28. The summed E-state index contributed by atoms with van der Waals surface area (Å²) in [7, 11) is 1.67. The molecule has 0 amide bonds. The number of rotatable bonds is 6. The molecule has 2 heterocycles. The van der Waals surface area contributed by atoms with Gasteiger partial charge in [-0.3, -0.25) is 4.90 Å². The number of aromatic nitrogens is 1. The maximum Gasteiger partial charge on any atom is 0.213 e. The molecule has 0 aromatic carbocycles. The first-order chi connectivity index (χ1) is 10.1. The fourth-order valence-electron chi connectivity index (χ4n) is 3.15. The Bertz CT molecular complexity index is 436. The topological polar surface area (TPSA) is 37.4 Å². The van der Waals surface area contributed by atoms with E-state index in [0.29, 0.717) is 18.0 Å². The Morgan fingerprint density at radius 2 is 2.29 bits per heavy atom. The van der Waals surface area contributed by atoms with Crippen molar-refractivity contribution in [1.29, 1.82) is 0 Å². The van der Waals surface area contributed by atoms with Gasteiger partial charge in [-0.25, -0.2) is 4.98 Å². The van der Waals surface area contributed by atoms with Crippen molar-refractivity contribution in [3.05, 3.63) is 23.9 Å². The van der Waals surface area contributed by atoms with Crippen LogP contribution < -0.4 is 10.1 Å². The molecule has 4 heteroatoms. The van der Waals surface area contributed by atoms with Gasteiger partial charge in [0.2, 0.25) is 5.88 Å². The van der Waals surface area contributed by atoms with E-state index in [4.69, 9.17) is 4.74 Å². The van der Waals surface area contributed by atoms with Crippen LogP contribution in [0.4, 0.5) is 0 Å². The van der Waals surface area contributed by atoms with Crippen LogP contribution in [-0.4, -0.2) is 42.2 Å². The molecule has 0 spiro atoms. The summed E-state index contributed by atoms with van der Waals surface area (Å²) in [6, 6.07) is 5.37. The van der Waals surface area contributed by atoms with E-state index in [2.05, 4.69) is 42.0 Å². The van der Waals surface area contributed by atoms with Crippen molar-refractivity contribution in [1.82, 2.24) is 15.2 Å². The molecule has 21 heavy (non-hydrogen) atoms. The minimum absolute atomic E-state index is 0.608. The third kappa shape index (κ3) is 4.68. The number of hydrogen-bond donors (Lipinski definition) is 1. The zero-order valence-corrected chi connectivity index (χ0v) is 13.8. The molecule has 0 aliphatic carbocycles. The van der Waals surface area contributed by atoms with Crippen molar-refractivity contribution in [3.8, 4) is 5.88 Å². The van der Waals surface area contributed by atoms with Crippen molar-refractivity contribution in [3.63, 3.8) is 0 Å². The third-order valence-electron chi connectivity index (χ3n) is 4.23. The summed E-state index contributed by atoms with van der Waals surface area (Å²) in [5.74, 6) is 1.44. The quantitative estimate of drug-likeness (QED) is 0.874. The monoisotopic (exact) mass is 291 g/mol. The average molecular weight is 291 g/mol. The van der Waals surface area contributed by atoms with Crippen molar-refractivity contribution in [2.45, 2.75) is 52.2 Å². The predicted molar refractivity (Wildman–Crippen MR) is 86.5 cm³/mol. The molecule has 4 nitrogen and oxygen atoms in total. The van der Waals surface area contributed by atoms with Crippen LogP contribution in [0.15, 0.2) is 18.3 Å². The largest absolute Gasteiger partial charge is 0.481 e. The molecule has 1 fully saturated rings. The van der Waals surface area contributed by atoms with E-state index in [1.54, 1.807) is 7.11 Å². The molecular weight excluding hydrogens is 262 g/mol. The standard InChI is InChI=1S/C17H29N3O/c1-5-16-10-19-15(8-13(2)3)12-20(16)11-14-6-7-18-17(9-14)21-4/h6-7,9,13,15-16,19H,5,8,10-12H2,1-4H3. The molecule has 1 aromatic heterocycles. The van der Waals surface area contributed by atoms with Gasteiger partial charge >= 0.3 is 0 Å². The summed E-state index contributed by atoms with van der Waals surface area (Å²) in [5, 5.41) is 3.71. The summed E-state index contributed by atoms with van der Waals surface area (Å²) in [6.45, 7) is 10.1. The first kappa shape index (κ1) is 16.2.